The Balaban J connectivity index is 2.51. The lowest BCUT2D eigenvalue weighted by atomic mass is 10.1. The van der Waals surface area contributed by atoms with E-state index in [0.29, 0.717) is 0 Å². The van der Waals surface area contributed by atoms with Gasteiger partial charge in [-0.15, -0.1) is 0 Å². The van der Waals surface area contributed by atoms with Gasteiger partial charge in [0.25, 0.3) is 5.91 Å². The molecule has 0 saturated carbocycles. The Kier molecular flexibility index (Phi) is 6.93. The number of urea groups is 1. The van der Waals surface area contributed by atoms with E-state index < -0.39 is 41.8 Å². The first kappa shape index (κ1) is 21.2. The molecule has 0 aliphatic carbocycles. The number of benzene rings is 1. The molecule has 0 radical (unpaired) electrons. The Morgan fingerprint density at radius 1 is 1.15 bits per heavy atom. The van der Waals surface area contributed by atoms with Crippen LogP contribution in [0, 0.1) is 0 Å². The van der Waals surface area contributed by atoms with E-state index in [9.17, 15) is 27.6 Å². The summed E-state index contributed by atoms with van der Waals surface area (Å²) in [5, 5.41) is 4.46. The van der Waals surface area contributed by atoms with Crippen LogP contribution < -0.4 is 10.6 Å². The first-order chi connectivity index (χ1) is 11.9. The number of hydrogen-bond acceptors (Lipinski definition) is 4. The first-order valence-electron chi connectivity index (χ1n) is 7.51. The summed E-state index contributed by atoms with van der Waals surface area (Å²) in [7, 11) is 0. The monoisotopic (exact) mass is 372 g/mol. The molecular weight excluding hydrogens is 353 g/mol. The fraction of sp³-hybridized carbons (Fsp3) is 0.353. The van der Waals surface area contributed by atoms with Crippen molar-refractivity contribution in [3.05, 3.63) is 41.5 Å². The van der Waals surface area contributed by atoms with E-state index in [0.717, 1.165) is 24.3 Å². The molecule has 1 aromatic rings. The summed E-state index contributed by atoms with van der Waals surface area (Å²) in [6.45, 7) is 4.45. The van der Waals surface area contributed by atoms with Crippen LogP contribution in [0.3, 0.4) is 0 Å². The van der Waals surface area contributed by atoms with Crippen LogP contribution in [0.1, 0.15) is 31.9 Å². The van der Waals surface area contributed by atoms with Crippen molar-refractivity contribution in [1.82, 2.24) is 10.6 Å². The Hall–Kier alpha value is -2.84. The van der Waals surface area contributed by atoms with Crippen molar-refractivity contribution in [2.45, 2.75) is 32.5 Å². The van der Waals surface area contributed by atoms with Gasteiger partial charge in [0.15, 0.2) is 6.61 Å². The highest BCUT2D eigenvalue weighted by molar-refractivity contribution is 5.96. The zero-order valence-corrected chi connectivity index (χ0v) is 14.4. The Labute approximate surface area is 148 Å². The summed E-state index contributed by atoms with van der Waals surface area (Å²) < 4.78 is 42.4. The number of alkyl halides is 3. The minimum atomic E-state index is -4.49. The van der Waals surface area contributed by atoms with Gasteiger partial charge in [0.2, 0.25) is 0 Å². The summed E-state index contributed by atoms with van der Waals surface area (Å²) >= 11 is 0. The summed E-state index contributed by atoms with van der Waals surface area (Å²) in [4.78, 5) is 34.4. The maximum atomic E-state index is 12.6. The Bertz CT molecular complexity index is 707. The predicted molar refractivity (Wildman–Crippen MR) is 87.9 cm³/mol. The number of nitrogens with one attached hydrogen (secondary N) is 2. The molecule has 26 heavy (non-hydrogen) atoms. The molecule has 0 bridgehead atoms. The fourth-order valence-electron chi connectivity index (χ4n) is 1.70. The van der Waals surface area contributed by atoms with Crippen molar-refractivity contribution < 1.29 is 32.3 Å². The third-order valence-electron chi connectivity index (χ3n) is 2.71. The third kappa shape index (κ3) is 8.32. The number of halogens is 3. The maximum Gasteiger partial charge on any atom is 0.416 e. The molecule has 0 atom stereocenters. The van der Waals surface area contributed by atoms with Crippen LogP contribution in [0.2, 0.25) is 0 Å². The average molecular weight is 372 g/mol. The highest BCUT2D eigenvalue weighted by Gasteiger charge is 2.30. The molecule has 0 aliphatic rings. The highest BCUT2D eigenvalue weighted by Crippen LogP contribution is 2.29. The number of amides is 3. The molecule has 0 unspecified atom stereocenters. The van der Waals surface area contributed by atoms with Crippen molar-refractivity contribution in [2.24, 2.45) is 0 Å². The predicted octanol–water partition coefficient (Wildman–Crippen LogP) is 2.89. The van der Waals surface area contributed by atoms with Crippen molar-refractivity contribution in [3.63, 3.8) is 0 Å². The first-order valence-corrected chi connectivity index (χ1v) is 7.51. The molecule has 0 aliphatic heterocycles. The van der Waals surface area contributed by atoms with E-state index in [4.69, 9.17) is 0 Å². The Morgan fingerprint density at radius 2 is 1.81 bits per heavy atom. The van der Waals surface area contributed by atoms with Crippen LogP contribution in [0.4, 0.5) is 18.0 Å². The molecule has 1 aromatic carbocycles. The summed E-state index contributed by atoms with van der Waals surface area (Å²) in [6.07, 6.45) is -2.48. The number of ether oxygens (including phenoxy) is 1. The molecule has 2 N–H and O–H groups in total. The summed E-state index contributed by atoms with van der Waals surface area (Å²) in [5.41, 5.74) is -1.25. The van der Waals surface area contributed by atoms with E-state index in [1.165, 1.54) is 12.1 Å². The third-order valence-corrected chi connectivity index (χ3v) is 2.71. The SMILES string of the molecule is CC(C)(C)NC(=O)NC(=O)COC(=O)C=Cc1cccc(C(F)(F)F)c1. The van der Waals surface area contributed by atoms with E-state index >= 15 is 0 Å². The van der Waals surface area contributed by atoms with Gasteiger partial charge in [0.05, 0.1) is 5.56 Å². The standard InChI is InChI=1S/C17H19F3N2O4/c1-16(2,3)22-15(25)21-13(23)10-26-14(24)8-7-11-5-4-6-12(9-11)17(18,19)20/h4-9H,10H2,1-3H3,(H2,21,22,23,25). The van der Waals surface area contributed by atoms with Crippen LogP contribution in [0.5, 0.6) is 0 Å². The number of hydrogen-bond donors (Lipinski definition) is 2. The molecule has 0 saturated heterocycles. The van der Waals surface area contributed by atoms with Crippen molar-refractivity contribution in [3.8, 4) is 0 Å². The lowest BCUT2D eigenvalue weighted by molar-refractivity contribution is -0.143. The number of rotatable bonds is 4. The minimum Gasteiger partial charge on any atom is -0.452 e. The largest absolute Gasteiger partial charge is 0.452 e. The van der Waals surface area contributed by atoms with Crippen LogP contribution in [0.25, 0.3) is 6.08 Å². The highest BCUT2D eigenvalue weighted by atomic mass is 19.4. The van der Waals surface area contributed by atoms with Gasteiger partial charge < -0.3 is 10.1 Å². The maximum absolute atomic E-state index is 12.6. The quantitative estimate of drug-likeness (QED) is 0.629. The van der Waals surface area contributed by atoms with Gasteiger partial charge in [-0.05, 0) is 44.5 Å². The molecule has 142 valence electrons. The second kappa shape index (κ2) is 8.50. The molecular formula is C17H19F3N2O4. The van der Waals surface area contributed by atoms with Crippen molar-refractivity contribution in [1.29, 1.82) is 0 Å². The Morgan fingerprint density at radius 3 is 2.38 bits per heavy atom. The molecule has 1 rings (SSSR count). The number of imide groups is 1. The van der Waals surface area contributed by atoms with Gasteiger partial charge in [-0.3, -0.25) is 10.1 Å². The topological polar surface area (TPSA) is 84.5 Å². The fourth-order valence-corrected chi connectivity index (χ4v) is 1.70. The average Bonchev–Trinajstić information content (AvgIpc) is 2.48. The van der Waals surface area contributed by atoms with Gasteiger partial charge in [-0.1, -0.05) is 12.1 Å². The van der Waals surface area contributed by atoms with Crippen molar-refractivity contribution >= 4 is 24.0 Å². The van der Waals surface area contributed by atoms with E-state index in [1.54, 1.807) is 20.8 Å². The molecule has 0 spiro atoms. The van der Waals surface area contributed by atoms with E-state index in [2.05, 4.69) is 10.1 Å². The molecule has 3 amide bonds. The summed E-state index contributed by atoms with van der Waals surface area (Å²) in [5.74, 6) is -1.78. The van der Waals surface area contributed by atoms with Crippen LogP contribution in [-0.4, -0.2) is 30.1 Å². The van der Waals surface area contributed by atoms with Crippen LogP contribution >= 0.6 is 0 Å². The molecule has 0 heterocycles. The smallest absolute Gasteiger partial charge is 0.416 e. The normalized spacial score (nSPS) is 11.9. The zero-order chi connectivity index (χ0) is 20.0. The van der Waals surface area contributed by atoms with Gasteiger partial charge in [-0.2, -0.15) is 13.2 Å². The van der Waals surface area contributed by atoms with Gasteiger partial charge in [0, 0.05) is 11.6 Å². The summed E-state index contributed by atoms with van der Waals surface area (Å²) in [6, 6.07) is 3.62. The van der Waals surface area contributed by atoms with Crippen LogP contribution in [-0.2, 0) is 20.5 Å². The zero-order valence-electron chi connectivity index (χ0n) is 14.4. The molecule has 9 heteroatoms. The van der Waals surface area contributed by atoms with Gasteiger partial charge in [0.1, 0.15) is 0 Å². The lowest BCUT2D eigenvalue weighted by Crippen LogP contribution is -2.49. The molecule has 0 fully saturated rings. The number of carbonyl (C=O) groups excluding carboxylic acids is 3. The molecule has 6 nitrogen and oxygen atoms in total. The molecule has 0 aromatic heterocycles. The number of esters is 1. The van der Waals surface area contributed by atoms with E-state index in [-0.39, 0.29) is 5.56 Å². The number of carbonyl (C=O) groups is 3. The van der Waals surface area contributed by atoms with Crippen LogP contribution in [0.15, 0.2) is 30.3 Å². The second-order valence-electron chi connectivity index (χ2n) is 6.32. The minimum absolute atomic E-state index is 0.144. The second-order valence-corrected chi connectivity index (χ2v) is 6.32. The van der Waals surface area contributed by atoms with Gasteiger partial charge >= 0.3 is 18.2 Å². The van der Waals surface area contributed by atoms with E-state index in [1.807, 2.05) is 5.32 Å². The van der Waals surface area contributed by atoms with Crippen molar-refractivity contribution in [2.75, 3.05) is 6.61 Å². The van der Waals surface area contributed by atoms with Gasteiger partial charge in [-0.25, -0.2) is 9.59 Å². The lowest BCUT2D eigenvalue weighted by Gasteiger charge is -2.20.